The Labute approximate surface area is 190 Å². The third-order valence-electron chi connectivity index (χ3n) is 6.26. The van der Waals surface area contributed by atoms with Gasteiger partial charge in [-0.25, -0.2) is 4.98 Å². The van der Waals surface area contributed by atoms with Crippen molar-refractivity contribution in [1.82, 2.24) is 19.4 Å². The van der Waals surface area contributed by atoms with E-state index in [9.17, 15) is 14.9 Å². The summed E-state index contributed by atoms with van der Waals surface area (Å²) in [6, 6.07) is 4.41. The van der Waals surface area contributed by atoms with Gasteiger partial charge in [-0.05, 0) is 50.7 Å². The third kappa shape index (κ3) is 4.33. The Hall–Kier alpha value is -2.96. The lowest BCUT2D eigenvalue weighted by molar-refractivity contribution is -0.117. The number of hydrogen-bond acceptors (Lipinski definition) is 6. The van der Waals surface area contributed by atoms with E-state index < -0.39 is 0 Å². The highest BCUT2D eigenvalue weighted by Gasteiger charge is 2.26. The first-order chi connectivity index (χ1) is 15.4. The highest BCUT2D eigenvalue weighted by Crippen LogP contribution is 2.36. The predicted molar refractivity (Wildman–Crippen MR) is 126 cm³/mol. The van der Waals surface area contributed by atoms with Crippen molar-refractivity contribution in [2.24, 2.45) is 0 Å². The smallest absolute Gasteiger partial charge is 0.268 e. The largest absolute Gasteiger partial charge is 0.327 e. The fraction of sp³-hybridized carbons (Fsp3) is 0.478. The minimum Gasteiger partial charge on any atom is -0.327 e. The van der Waals surface area contributed by atoms with E-state index in [-0.39, 0.29) is 18.0 Å². The van der Waals surface area contributed by atoms with E-state index in [1.54, 1.807) is 11.9 Å². The maximum Gasteiger partial charge on any atom is 0.268 e. The van der Waals surface area contributed by atoms with Crippen LogP contribution >= 0.6 is 11.3 Å². The highest BCUT2D eigenvalue weighted by atomic mass is 32.1. The SMILES string of the molecule is Cc1c(C#N)c(NC(=O)CN(C)Cc2nc3ccsc3c(=O)[nH]2)n(C2CCCCC2)c1C. The molecule has 0 bridgehead atoms. The normalized spacial score (nSPS) is 14.7. The second kappa shape index (κ2) is 9.27. The molecule has 1 amide bonds. The van der Waals surface area contributed by atoms with Crippen molar-refractivity contribution >= 4 is 33.3 Å². The van der Waals surface area contributed by atoms with Gasteiger partial charge in [0.15, 0.2) is 0 Å². The number of nitrogens with zero attached hydrogens (tertiary/aromatic N) is 4. The Kier molecular flexibility index (Phi) is 6.44. The average molecular weight is 453 g/mol. The molecule has 0 radical (unpaired) electrons. The predicted octanol–water partition coefficient (Wildman–Crippen LogP) is 3.85. The molecule has 0 spiro atoms. The number of carbonyl (C=O) groups is 1. The van der Waals surface area contributed by atoms with Crippen LogP contribution in [0.5, 0.6) is 0 Å². The van der Waals surface area contributed by atoms with Crippen LogP contribution < -0.4 is 10.9 Å². The number of hydrogen-bond donors (Lipinski definition) is 2. The fourth-order valence-corrected chi connectivity index (χ4v) is 5.33. The van der Waals surface area contributed by atoms with Crippen molar-refractivity contribution in [3.8, 4) is 6.07 Å². The first kappa shape index (κ1) is 22.2. The van der Waals surface area contributed by atoms with Crippen LogP contribution in [0.1, 0.15) is 60.8 Å². The van der Waals surface area contributed by atoms with E-state index >= 15 is 0 Å². The van der Waals surface area contributed by atoms with Gasteiger partial charge in [0.25, 0.3) is 5.56 Å². The number of aromatic nitrogens is 3. The monoisotopic (exact) mass is 452 g/mol. The van der Waals surface area contributed by atoms with Gasteiger partial charge in [0.2, 0.25) is 5.91 Å². The maximum atomic E-state index is 12.9. The molecule has 0 aromatic carbocycles. The van der Waals surface area contributed by atoms with E-state index in [1.165, 1.54) is 30.6 Å². The van der Waals surface area contributed by atoms with Gasteiger partial charge in [0.05, 0.1) is 24.2 Å². The molecule has 32 heavy (non-hydrogen) atoms. The van der Waals surface area contributed by atoms with Crippen LogP contribution in [0.2, 0.25) is 0 Å². The summed E-state index contributed by atoms with van der Waals surface area (Å²) in [6.45, 7) is 4.41. The number of aromatic amines is 1. The molecule has 168 valence electrons. The minimum atomic E-state index is -0.197. The second-order valence-electron chi connectivity index (χ2n) is 8.58. The molecule has 9 heteroatoms. The van der Waals surface area contributed by atoms with E-state index in [1.807, 2.05) is 25.3 Å². The van der Waals surface area contributed by atoms with Crippen LogP contribution in [0.25, 0.3) is 10.2 Å². The molecule has 8 nitrogen and oxygen atoms in total. The maximum absolute atomic E-state index is 12.9. The lowest BCUT2D eigenvalue weighted by Gasteiger charge is -2.27. The molecular weight excluding hydrogens is 424 g/mol. The second-order valence-corrected chi connectivity index (χ2v) is 9.49. The summed E-state index contributed by atoms with van der Waals surface area (Å²) in [5.41, 5.74) is 3.02. The van der Waals surface area contributed by atoms with Gasteiger partial charge in [0, 0.05) is 11.7 Å². The Morgan fingerprint density at radius 3 is 2.84 bits per heavy atom. The van der Waals surface area contributed by atoms with Crippen molar-refractivity contribution in [1.29, 1.82) is 5.26 Å². The van der Waals surface area contributed by atoms with Crippen LogP contribution in [-0.4, -0.2) is 38.9 Å². The number of carbonyl (C=O) groups excluding carboxylic acids is 1. The number of thiophene rings is 1. The zero-order chi connectivity index (χ0) is 22.8. The molecule has 1 fully saturated rings. The summed E-state index contributed by atoms with van der Waals surface area (Å²) >= 11 is 1.36. The summed E-state index contributed by atoms with van der Waals surface area (Å²) in [4.78, 5) is 34.2. The van der Waals surface area contributed by atoms with Crippen LogP contribution in [-0.2, 0) is 11.3 Å². The highest BCUT2D eigenvalue weighted by molar-refractivity contribution is 7.17. The molecule has 3 aromatic rings. The third-order valence-corrected chi connectivity index (χ3v) is 7.17. The lowest BCUT2D eigenvalue weighted by Crippen LogP contribution is -2.32. The van der Waals surface area contributed by atoms with Gasteiger partial charge < -0.3 is 14.9 Å². The van der Waals surface area contributed by atoms with Crippen LogP contribution in [0.15, 0.2) is 16.2 Å². The topological polar surface area (TPSA) is 107 Å². The zero-order valence-electron chi connectivity index (χ0n) is 18.7. The zero-order valence-corrected chi connectivity index (χ0v) is 19.5. The van der Waals surface area contributed by atoms with Crippen LogP contribution in [0, 0.1) is 25.2 Å². The summed E-state index contributed by atoms with van der Waals surface area (Å²) < 4.78 is 2.77. The van der Waals surface area contributed by atoms with E-state index in [2.05, 4.69) is 25.9 Å². The first-order valence-corrected chi connectivity index (χ1v) is 11.8. The molecule has 0 saturated heterocycles. The van der Waals surface area contributed by atoms with Gasteiger partial charge in [-0.15, -0.1) is 11.3 Å². The fourth-order valence-electron chi connectivity index (χ4n) is 4.61. The molecule has 3 aromatic heterocycles. The number of likely N-dealkylation sites (N-methyl/N-ethyl adjacent to an activating group) is 1. The number of fused-ring (bicyclic) bond motifs is 1. The van der Waals surface area contributed by atoms with Crippen molar-refractivity contribution in [3.05, 3.63) is 44.4 Å². The molecule has 3 heterocycles. The molecule has 1 aliphatic rings. The van der Waals surface area contributed by atoms with Crippen molar-refractivity contribution in [3.63, 3.8) is 0 Å². The van der Waals surface area contributed by atoms with Gasteiger partial charge in [-0.2, -0.15) is 5.26 Å². The molecule has 2 N–H and O–H groups in total. The minimum absolute atomic E-state index is 0.115. The van der Waals surface area contributed by atoms with Crippen molar-refractivity contribution < 1.29 is 4.79 Å². The van der Waals surface area contributed by atoms with E-state index in [0.717, 1.165) is 24.1 Å². The lowest BCUT2D eigenvalue weighted by atomic mass is 9.95. The van der Waals surface area contributed by atoms with Crippen LogP contribution in [0.4, 0.5) is 5.82 Å². The standard InChI is InChI=1S/C23H28N6O2S/c1-14-15(2)29(16-7-5-4-6-8-16)22(17(14)11-24)27-20(30)13-28(3)12-19-25-18-9-10-32-21(18)23(31)26-19/h9-10,16H,4-8,12-13H2,1-3H3,(H,27,30)(H,25,26,31). The molecule has 4 rings (SSSR count). The molecule has 0 atom stereocenters. The van der Waals surface area contributed by atoms with Gasteiger partial charge in [0.1, 0.15) is 22.4 Å². The molecule has 1 aliphatic carbocycles. The Bertz CT molecular complexity index is 1240. The summed E-state index contributed by atoms with van der Waals surface area (Å²) in [6.07, 6.45) is 5.69. The van der Waals surface area contributed by atoms with Gasteiger partial charge >= 0.3 is 0 Å². The Balaban J connectivity index is 1.50. The van der Waals surface area contributed by atoms with E-state index in [0.29, 0.717) is 40.0 Å². The van der Waals surface area contributed by atoms with Crippen LogP contribution in [0.3, 0.4) is 0 Å². The van der Waals surface area contributed by atoms with Crippen molar-refractivity contribution in [2.45, 2.75) is 58.5 Å². The van der Waals surface area contributed by atoms with Gasteiger partial charge in [-0.1, -0.05) is 19.3 Å². The quantitative estimate of drug-likeness (QED) is 0.591. The van der Waals surface area contributed by atoms with E-state index in [4.69, 9.17) is 0 Å². The molecular formula is C23H28N6O2S. The van der Waals surface area contributed by atoms with Gasteiger partial charge in [-0.3, -0.25) is 14.5 Å². The number of nitriles is 1. The number of nitrogens with one attached hydrogen (secondary N) is 2. The molecule has 0 unspecified atom stereocenters. The molecule has 0 aliphatic heterocycles. The number of rotatable bonds is 6. The number of amides is 1. The Morgan fingerprint density at radius 1 is 1.38 bits per heavy atom. The summed E-state index contributed by atoms with van der Waals surface area (Å²) in [5.74, 6) is 0.933. The van der Waals surface area contributed by atoms with Crippen molar-refractivity contribution in [2.75, 3.05) is 18.9 Å². The summed E-state index contributed by atoms with van der Waals surface area (Å²) in [7, 11) is 1.80. The summed E-state index contributed by atoms with van der Waals surface area (Å²) in [5, 5.41) is 14.6. The number of anilines is 1. The average Bonchev–Trinajstić information content (AvgIpc) is 3.32. The Morgan fingerprint density at radius 2 is 2.12 bits per heavy atom. The molecule has 1 saturated carbocycles. The first-order valence-electron chi connectivity index (χ1n) is 10.9. The number of H-pyrrole nitrogens is 1.